The first-order valence-electron chi connectivity index (χ1n) is 7.35. The Morgan fingerprint density at radius 2 is 2.04 bits per heavy atom. The maximum absolute atomic E-state index is 12.4. The molecule has 1 aliphatic rings. The Labute approximate surface area is 143 Å². The molecule has 23 heavy (non-hydrogen) atoms. The molecule has 2 amide bonds. The lowest BCUT2D eigenvalue weighted by molar-refractivity contribution is 0.171. The number of urea groups is 1. The maximum atomic E-state index is 12.4. The highest BCUT2D eigenvalue weighted by molar-refractivity contribution is 7.16. The van der Waals surface area contributed by atoms with Crippen molar-refractivity contribution < 1.29 is 14.3 Å². The quantitative estimate of drug-likeness (QED) is 0.896. The van der Waals surface area contributed by atoms with E-state index in [4.69, 9.17) is 21.1 Å². The molecule has 1 N–H and O–H groups in total. The van der Waals surface area contributed by atoms with Crippen molar-refractivity contribution in [1.29, 1.82) is 0 Å². The van der Waals surface area contributed by atoms with Crippen molar-refractivity contribution in [3.8, 4) is 11.5 Å². The van der Waals surface area contributed by atoms with Crippen LogP contribution in [0.15, 0.2) is 30.3 Å². The van der Waals surface area contributed by atoms with Crippen LogP contribution in [0.4, 0.5) is 10.5 Å². The topological polar surface area (TPSA) is 50.8 Å². The second-order valence-corrected chi connectivity index (χ2v) is 6.81. The Bertz CT molecular complexity index is 704. The van der Waals surface area contributed by atoms with Gasteiger partial charge in [-0.25, -0.2) is 4.79 Å². The van der Waals surface area contributed by atoms with Crippen molar-refractivity contribution in [2.75, 3.05) is 25.1 Å². The van der Waals surface area contributed by atoms with Gasteiger partial charge in [0.15, 0.2) is 11.5 Å². The van der Waals surface area contributed by atoms with Gasteiger partial charge in [0, 0.05) is 23.2 Å². The third-order valence-corrected chi connectivity index (χ3v) is 4.65. The summed E-state index contributed by atoms with van der Waals surface area (Å²) in [6.07, 6.45) is 0. The number of carbonyl (C=O) groups excluding carboxylic acids is 1. The minimum absolute atomic E-state index is 0.159. The number of benzene rings is 1. The van der Waals surface area contributed by atoms with Crippen LogP contribution in [-0.4, -0.2) is 30.7 Å². The average molecular weight is 353 g/mol. The Balaban J connectivity index is 1.67. The van der Waals surface area contributed by atoms with Gasteiger partial charge in [-0.15, -0.1) is 11.3 Å². The molecular formula is C16H17ClN2O3S. The van der Waals surface area contributed by atoms with E-state index in [2.05, 4.69) is 5.32 Å². The molecule has 0 saturated carbocycles. The molecule has 0 aliphatic carbocycles. The number of thiophene rings is 1. The Kier molecular flexibility index (Phi) is 4.93. The number of hydrogen-bond donors (Lipinski definition) is 1. The fraction of sp³-hybridized carbons (Fsp3) is 0.312. The van der Waals surface area contributed by atoms with Gasteiger partial charge in [-0.1, -0.05) is 11.6 Å². The summed E-state index contributed by atoms with van der Waals surface area (Å²) in [6.45, 7) is 4.14. The fourth-order valence-electron chi connectivity index (χ4n) is 2.28. The van der Waals surface area contributed by atoms with Crippen LogP contribution < -0.4 is 14.8 Å². The molecule has 0 radical (unpaired) electrons. The van der Waals surface area contributed by atoms with Crippen LogP contribution in [0, 0.1) is 0 Å². The van der Waals surface area contributed by atoms with Gasteiger partial charge in [-0.2, -0.15) is 0 Å². The number of nitrogens with one attached hydrogen (secondary N) is 1. The van der Waals surface area contributed by atoms with E-state index >= 15 is 0 Å². The molecule has 2 aromatic rings. The second kappa shape index (κ2) is 7.10. The summed E-state index contributed by atoms with van der Waals surface area (Å²) in [5, 5.41) is 2.89. The zero-order valence-corrected chi connectivity index (χ0v) is 14.2. The lowest BCUT2D eigenvalue weighted by atomic mass is 10.2. The normalized spacial score (nSPS) is 12.8. The van der Waals surface area contributed by atoms with E-state index in [0.29, 0.717) is 43.5 Å². The van der Waals surface area contributed by atoms with Crippen LogP contribution in [0.25, 0.3) is 0 Å². The predicted octanol–water partition coefficient (Wildman–Crippen LogP) is 4.23. The smallest absolute Gasteiger partial charge is 0.322 e. The van der Waals surface area contributed by atoms with Crippen molar-refractivity contribution >= 4 is 34.7 Å². The first-order valence-corrected chi connectivity index (χ1v) is 8.55. The third kappa shape index (κ3) is 3.89. The molecule has 7 heteroatoms. The molecule has 0 unspecified atom stereocenters. The average Bonchev–Trinajstić information content (AvgIpc) is 2.97. The standard InChI is InChI=1S/C16H17ClN2O3S/c1-2-19(10-12-4-6-15(17)23-12)16(20)18-11-3-5-13-14(9-11)22-8-7-21-13/h3-6,9H,2,7-8,10H2,1H3,(H,18,20). The van der Waals surface area contributed by atoms with E-state index < -0.39 is 0 Å². The van der Waals surface area contributed by atoms with Crippen LogP contribution in [0.3, 0.4) is 0 Å². The highest BCUT2D eigenvalue weighted by atomic mass is 35.5. The monoisotopic (exact) mass is 352 g/mol. The number of nitrogens with zero attached hydrogens (tertiary/aromatic N) is 1. The van der Waals surface area contributed by atoms with Crippen molar-refractivity contribution in [3.05, 3.63) is 39.5 Å². The van der Waals surface area contributed by atoms with Gasteiger partial charge in [0.25, 0.3) is 0 Å². The SMILES string of the molecule is CCN(Cc1ccc(Cl)s1)C(=O)Nc1ccc2c(c1)OCCO2. The van der Waals surface area contributed by atoms with Crippen LogP contribution >= 0.6 is 22.9 Å². The van der Waals surface area contributed by atoms with Gasteiger partial charge in [-0.3, -0.25) is 0 Å². The molecule has 1 aromatic carbocycles. The molecule has 0 bridgehead atoms. The second-order valence-electron chi connectivity index (χ2n) is 5.01. The first kappa shape index (κ1) is 16.0. The van der Waals surface area contributed by atoms with Gasteiger partial charge in [0.05, 0.1) is 10.9 Å². The molecule has 0 fully saturated rings. The molecule has 1 aliphatic heterocycles. The highest BCUT2D eigenvalue weighted by Gasteiger charge is 2.16. The summed E-state index contributed by atoms with van der Waals surface area (Å²) in [5.74, 6) is 1.36. The van der Waals surface area contributed by atoms with Gasteiger partial charge < -0.3 is 19.7 Å². The molecule has 3 rings (SSSR count). The van der Waals surface area contributed by atoms with Crippen molar-refractivity contribution in [2.45, 2.75) is 13.5 Å². The fourth-order valence-corrected chi connectivity index (χ4v) is 3.38. The number of anilines is 1. The molecule has 122 valence electrons. The van der Waals surface area contributed by atoms with E-state index in [1.807, 2.05) is 19.1 Å². The van der Waals surface area contributed by atoms with Crippen LogP contribution in [0.2, 0.25) is 4.34 Å². The minimum atomic E-state index is -0.159. The highest BCUT2D eigenvalue weighted by Crippen LogP contribution is 2.32. The molecule has 0 saturated heterocycles. The number of ether oxygens (including phenoxy) is 2. The van der Waals surface area contributed by atoms with Gasteiger partial charge in [-0.05, 0) is 31.2 Å². The Morgan fingerprint density at radius 1 is 1.26 bits per heavy atom. The van der Waals surface area contributed by atoms with Crippen molar-refractivity contribution in [3.63, 3.8) is 0 Å². The van der Waals surface area contributed by atoms with E-state index in [-0.39, 0.29) is 6.03 Å². The molecule has 0 spiro atoms. The minimum Gasteiger partial charge on any atom is -0.486 e. The van der Waals surface area contributed by atoms with Crippen LogP contribution in [0.5, 0.6) is 11.5 Å². The zero-order chi connectivity index (χ0) is 16.2. The number of hydrogen-bond acceptors (Lipinski definition) is 4. The van der Waals surface area contributed by atoms with Gasteiger partial charge in [0.2, 0.25) is 0 Å². The summed E-state index contributed by atoms with van der Waals surface area (Å²) >= 11 is 7.42. The summed E-state index contributed by atoms with van der Waals surface area (Å²) in [6, 6.07) is 9.01. The number of carbonyl (C=O) groups is 1. The summed E-state index contributed by atoms with van der Waals surface area (Å²) in [5.41, 5.74) is 0.682. The zero-order valence-electron chi connectivity index (χ0n) is 12.7. The van der Waals surface area contributed by atoms with Crippen molar-refractivity contribution in [2.24, 2.45) is 0 Å². The van der Waals surface area contributed by atoms with Crippen LogP contribution in [0.1, 0.15) is 11.8 Å². The predicted molar refractivity (Wildman–Crippen MR) is 91.9 cm³/mol. The van der Waals surface area contributed by atoms with E-state index in [1.54, 1.807) is 23.1 Å². The molecule has 5 nitrogen and oxygen atoms in total. The van der Waals surface area contributed by atoms with E-state index in [0.717, 1.165) is 9.21 Å². The summed E-state index contributed by atoms with van der Waals surface area (Å²) < 4.78 is 11.7. The number of rotatable bonds is 4. The Hall–Kier alpha value is -1.92. The number of fused-ring (bicyclic) bond motifs is 1. The third-order valence-electron chi connectivity index (χ3n) is 3.44. The van der Waals surface area contributed by atoms with E-state index in [9.17, 15) is 4.79 Å². The lowest BCUT2D eigenvalue weighted by Gasteiger charge is -2.22. The largest absolute Gasteiger partial charge is 0.486 e. The number of halogens is 1. The molecule has 1 aromatic heterocycles. The molecule has 2 heterocycles. The molecule has 0 atom stereocenters. The van der Waals surface area contributed by atoms with Gasteiger partial charge >= 0.3 is 6.03 Å². The Morgan fingerprint density at radius 3 is 2.74 bits per heavy atom. The summed E-state index contributed by atoms with van der Waals surface area (Å²) in [4.78, 5) is 15.2. The van der Waals surface area contributed by atoms with E-state index in [1.165, 1.54) is 11.3 Å². The lowest BCUT2D eigenvalue weighted by Crippen LogP contribution is -2.34. The number of amides is 2. The van der Waals surface area contributed by atoms with Gasteiger partial charge in [0.1, 0.15) is 13.2 Å². The molecular weight excluding hydrogens is 336 g/mol. The van der Waals surface area contributed by atoms with Crippen LogP contribution in [-0.2, 0) is 6.54 Å². The van der Waals surface area contributed by atoms with Crippen molar-refractivity contribution in [1.82, 2.24) is 4.90 Å². The maximum Gasteiger partial charge on any atom is 0.322 e. The first-order chi connectivity index (χ1) is 11.2. The summed E-state index contributed by atoms with van der Waals surface area (Å²) in [7, 11) is 0.